The van der Waals surface area contributed by atoms with Crippen molar-refractivity contribution in [2.45, 2.75) is 33.1 Å². The van der Waals surface area contributed by atoms with Crippen molar-refractivity contribution in [3.8, 4) is 11.5 Å². The van der Waals surface area contributed by atoms with Gasteiger partial charge in [-0.25, -0.2) is 4.79 Å². The molecule has 0 atom stereocenters. The molecule has 1 aromatic carbocycles. The van der Waals surface area contributed by atoms with Crippen LogP contribution < -0.4 is 20.1 Å². The van der Waals surface area contributed by atoms with Gasteiger partial charge in [-0.2, -0.15) is 0 Å². The normalized spacial score (nSPS) is 9.90. The number of para-hydroxylation sites is 2. The summed E-state index contributed by atoms with van der Waals surface area (Å²) in [6, 6.07) is 7.18. The van der Waals surface area contributed by atoms with Gasteiger partial charge in [0.1, 0.15) is 0 Å². The number of hydrogen-bond donors (Lipinski definition) is 2. The van der Waals surface area contributed by atoms with Crippen LogP contribution in [-0.2, 0) is 0 Å². The third-order valence-electron chi connectivity index (χ3n) is 2.68. The molecule has 2 N–H and O–H groups in total. The van der Waals surface area contributed by atoms with E-state index in [1.165, 1.54) is 0 Å². The largest absolute Gasteiger partial charge is 0.490 e. The van der Waals surface area contributed by atoms with Crippen LogP contribution >= 0.6 is 0 Å². The number of nitrogens with one attached hydrogen (secondary N) is 2. The third kappa shape index (κ3) is 6.31. The van der Waals surface area contributed by atoms with E-state index in [-0.39, 0.29) is 12.8 Å². The molecule has 112 valence electrons. The van der Waals surface area contributed by atoms with Crippen LogP contribution in [0.3, 0.4) is 0 Å². The third-order valence-corrected chi connectivity index (χ3v) is 2.68. The van der Waals surface area contributed by atoms with E-state index in [9.17, 15) is 4.79 Å². The summed E-state index contributed by atoms with van der Waals surface area (Å²) in [5.41, 5.74) is 0. The van der Waals surface area contributed by atoms with Crippen molar-refractivity contribution in [2.75, 3.05) is 19.9 Å². The van der Waals surface area contributed by atoms with Crippen LogP contribution in [0.15, 0.2) is 24.3 Å². The Hall–Kier alpha value is -1.91. The van der Waals surface area contributed by atoms with Crippen molar-refractivity contribution in [3.63, 3.8) is 0 Å². The van der Waals surface area contributed by atoms with Crippen LogP contribution in [0, 0.1) is 0 Å². The van der Waals surface area contributed by atoms with Crippen LogP contribution in [0.2, 0.25) is 0 Å². The Morgan fingerprint density at radius 1 is 1.05 bits per heavy atom. The van der Waals surface area contributed by atoms with E-state index in [1.54, 1.807) is 0 Å². The molecule has 0 bridgehead atoms. The van der Waals surface area contributed by atoms with E-state index in [2.05, 4.69) is 17.6 Å². The topological polar surface area (TPSA) is 59.6 Å². The van der Waals surface area contributed by atoms with Crippen LogP contribution in [0.5, 0.6) is 11.5 Å². The average molecular weight is 280 g/mol. The van der Waals surface area contributed by atoms with Crippen molar-refractivity contribution in [2.24, 2.45) is 0 Å². The minimum absolute atomic E-state index is 0.115. The van der Waals surface area contributed by atoms with Gasteiger partial charge < -0.3 is 20.1 Å². The first-order valence-electron chi connectivity index (χ1n) is 7.14. The Labute approximate surface area is 120 Å². The first-order valence-corrected chi connectivity index (χ1v) is 7.14. The number of carbonyl (C=O) groups excluding carboxylic acids is 1. The molecule has 1 aromatic rings. The van der Waals surface area contributed by atoms with Gasteiger partial charge in [0.15, 0.2) is 18.2 Å². The SMILES string of the molecule is CCCCCNC(=O)NCOc1ccccc1OCC. The Morgan fingerprint density at radius 3 is 2.40 bits per heavy atom. The predicted octanol–water partition coefficient (Wildman–Crippen LogP) is 2.91. The lowest BCUT2D eigenvalue weighted by Gasteiger charge is -2.12. The Morgan fingerprint density at radius 2 is 1.75 bits per heavy atom. The summed E-state index contributed by atoms with van der Waals surface area (Å²) in [4.78, 5) is 11.5. The van der Waals surface area contributed by atoms with Crippen molar-refractivity contribution < 1.29 is 14.3 Å². The molecule has 0 fully saturated rings. The first-order chi connectivity index (χ1) is 9.77. The number of amides is 2. The molecule has 0 aliphatic rings. The highest BCUT2D eigenvalue weighted by atomic mass is 16.5. The smallest absolute Gasteiger partial charge is 0.317 e. The lowest BCUT2D eigenvalue weighted by Crippen LogP contribution is -2.38. The standard InChI is InChI=1S/C15H24N2O3/c1-3-5-8-11-16-15(18)17-12-20-14-10-7-6-9-13(14)19-4-2/h6-7,9-10H,3-5,8,11-12H2,1-2H3,(H2,16,17,18). The van der Waals surface area contributed by atoms with Crippen LogP contribution in [0.25, 0.3) is 0 Å². The molecule has 0 spiro atoms. The number of unbranched alkanes of at least 4 members (excludes halogenated alkanes) is 2. The molecule has 20 heavy (non-hydrogen) atoms. The second-order valence-electron chi connectivity index (χ2n) is 4.31. The summed E-state index contributed by atoms with van der Waals surface area (Å²) in [6.07, 6.45) is 3.26. The second-order valence-corrected chi connectivity index (χ2v) is 4.31. The second kappa shape index (κ2) is 9.95. The van der Waals surface area contributed by atoms with E-state index >= 15 is 0 Å². The van der Waals surface area contributed by atoms with Gasteiger partial charge in [-0.1, -0.05) is 31.9 Å². The summed E-state index contributed by atoms with van der Waals surface area (Å²) in [5, 5.41) is 5.43. The van der Waals surface area contributed by atoms with E-state index in [0.29, 0.717) is 24.7 Å². The summed E-state index contributed by atoms with van der Waals surface area (Å²) < 4.78 is 10.9. The maximum Gasteiger partial charge on any atom is 0.317 e. The van der Waals surface area contributed by atoms with Crippen molar-refractivity contribution in [1.82, 2.24) is 10.6 Å². The van der Waals surface area contributed by atoms with Gasteiger partial charge in [-0.15, -0.1) is 0 Å². The van der Waals surface area contributed by atoms with Gasteiger partial charge in [-0.3, -0.25) is 0 Å². The van der Waals surface area contributed by atoms with Gasteiger partial charge in [0.2, 0.25) is 0 Å². The fourth-order valence-electron chi connectivity index (χ4n) is 1.66. The number of hydrogen-bond acceptors (Lipinski definition) is 3. The highest BCUT2D eigenvalue weighted by Crippen LogP contribution is 2.25. The summed E-state index contributed by atoms with van der Waals surface area (Å²) in [5.74, 6) is 1.31. The minimum Gasteiger partial charge on any atom is -0.490 e. The van der Waals surface area contributed by atoms with Crippen molar-refractivity contribution in [1.29, 1.82) is 0 Å². The molecule has 2 amide bonds. The van der Waals surface area contributed by atoms with Crippen molar-refractivity contribution >= 4 is 6.03 Å². The van der Waals surface area contributed by atoms with E-state index < -0.39 is 0 Å². The highest BCUT2D eigenvalue weighted by molar-refractivity contribution is 5.73. The Bertz CT molecular complexity index is 396. The van der Waals surface area contributed by atoms with Gasteiger partial charge in [0.05, 0.1) is 6.61 Å². The number of carbonyl (C=O) groups is 1. The predicted molar refractivity (Wildman–Crippen MR) is 79.2 cm³/mol. The van der Waals surface area contributed by atoms with Gasteiger partial charge in [0, 0.05) is 6.54 Å². The summed E-state index contributed by atoms with van der Waals surface area (Å²) in [6.45, 7) is 5.42. The lowest BCUT2D eigenvalue weighted by atomic mass is 10.2. The highest BCUT2D eigenvalue weighted by Gasteiger charge is 2.04. The monoisotopic (exact) mass is 280 g/mol. The fourth-order valence-corrected chi connectivity index (χ4v) is 1.66. The maximum absolute atomic E-state index is 11.5. The zero-order valence-corrected chi connectivity index (χ0v) is 12.3. The minimum atomic E-state index is -0.213. The summed E-state index contributed by atoms with van der Waals surface area (Å²) in [7, 11) is 0. The molecule has 0 radical (unpaired) electrons. The molecule has 5 nitrogen and oxygen atoms in total. The lowest BCUT2D eigenvalue weighted by molar-refractivity contribution is 0.220. The van der Waals surface area contributed by atoms with Crippen LogP contribution in [-0.4, -0.2) is 25.9 Å². The van der Waals surface area contributed by atoms with Crippen LogP contribution in [0.4, 0.5) is 4.79 Å². The van der Waals surface area contributed by atoms with E-state index in [4.69, 9.17) is 9.47 Å². The molecule has 1 rings (SSSR count). The average Bonchev–Trinajstić information content (AvgIpc) is 2.46. The molecular formula is C15H24N2O3. The molecule has 0 unspecified atom stereocenters. The number of rotatable bonds is 9. The molecule has 0 saturated carbocycles. The van der Waals surface area contributed by atoms with E-state index in [0.717, 1.165) is 19.3 Å². The summed E-state index contributed by atoms with van der Waals surface area (Å²) >= 11 is 0. The number of ether oxygens (including phenoxy) is 2. The Kier molecular flexibility index (Phi) is 8.03. The number of urea groups is 1. The molecule has 5 heteroatoms. The molecule has 0 aromatic heterocycles. The fraction of sp³-hybridized carbons (Fsp3) is 0.533. The molecule has 0 aliphatic carbocycles. The quantitative estimate of drug-likeness (QED) is 0.540. The molecular weight excluding hydrogens is 256 g/mol. The van der Waals surface area contributed by atoms with Gasteiger partial charge in [0.25, 0.3) is 0 Å². The first kappa shape index (κ1) is 16.1. The van der Waals surface area contributed by atoms with Crippen LogP contribution in [0.1, 0.15) is 33.1 Å². The molecule has 0 aliphatic heterocycles. The maximum atomic E-state index is 11.5. The number of benzene rings is 1. The van der Waals surface area contributed by atoms with Crippen molar-refractivity contribution in [3.05, 3.63) is 24.3 Å². The molecule has 0 saturated heterocycles. The molecule has 0 heterocycles. The van der Waals surface area contributed by atoms with Gasteiger partial charge in [-0.05, 0) is 25.5 Å². The van der Waals surface area contributed by atoms with E-state index in [1.807, 2.05) is 31.2 Å². The Balaban J connectivity index is 2.24. The zero-order valence-electron chi connectivity index (χ0n) is 12.3. The van der Waals surface area contributed by atoms with Gasteiger partial charge >= 0.3 is 6.03 Å². The zero-order chi connectivity index (χ0) is 14.6.